The Morgan fingerprint density at radius 1 is 1.08 bits per heavy atom. The Labute approximate surface area is 209 Å². The van der Waals surface area contributed by atoms with E-state index in [1.807, 2.05) is 18.2 Å². The second-order valence-electron chi connectivity index (χ2n) is 9.14. The molecule has 0 N–H and O–H groups in total. The molecule has 10 nitrogen and oxygen atoms in total. The predicted octanol–water partition coefficient (Wildman–Crippen LogP) is 2.23. The van der Waals surface area contributed by atoms with Crippen molar-refractivity contribution in [1.82, 2.24) is 19.1 Å². The third-order valence-corrected chi connectivity index (χ3v) is 9.92. The average Bonchev–Trinajstić information content (AvgIpc) is 3.45. The number of sulfonamides is 1. The normalized spacial score (nSPS) is 18.5. The van der Waals surface area contributed by atoms with Gasteiger partial charge in [0, 0.05) is 38.8 Å². The predicted molar refractivity (Wildman–Crippen MR) is 137 cm³/mol. The lowest BCUT2D eigenvalue weighted by molar-refractivity contribution is 0.392. The van der Waals surface area contributed by atoms with E-state index < -0.39 is 27.0 Å². The van der Waals surface area contributed by atoms with Crippen molar-refractivity contribution in [2.75, 3.05) is 34.6 Å². The van der Waals surface area contributed by atoms with Crippen LogP contribution in [0.4, 0.5) is 15.2 Å². The number of thiazole rings is 1. The highest BCUT2D eigenvalue weighted by molar-refractivity contribution is 7.93. The van der Waals surface area contributed by atoms with E-state index in [0.717, 1.165) is 26.1 Å². The largest absolute Gasteiger partial charge is 0.348 e. The van der Waals surface area contributed by atoms with Gasteiger partial charge in [0.2, 0.25) is 10.0 Å². The lowest BCUT2D eigenvalue weighted by Gasteiger charge is -2.33. The van der Waals surface area contributed by atoms with E-state index in [-0.39, 0.29) is 17.3 Å². The topological polar surface area (TPSA) is 110 Å². The van der Waals surface area contributed by atoms with Gasteiger partial charge < -0.3 is 9.47 Å². The number of halogens is 1. The summed E-state index contributed by atoms with van der Waals surface area (Å²) in [5.74, 6) is -0.405. The van der Waals surface area contributed by atoms with Gasteiger partial charge in [-0.25, -0.2) is 22.8 Å². The molecule has 0 spiro atoms. The second-order valence-corrected chi connectivity index (χ2v) is 12.2. The van der Waals surface area contributed by atoms with E-state index in [4.69, 9.17) is 4.98 Å². The number of piperidine rings is 1. The molecule has 2 fully saturated rings. The fourth-order valence-corrected chi connectivity index (χ4v) is 7.64. The van der Waals surface area contributed by atoms with Crippen molar-refractivity contribution >= 4 is 53.6 Å². The zero-order valence-corrected chi connectivity index (χ0v) is 21.1. The van der Waals surface area contributed by atoms with Crippen LogP contribution in [0.15, 0.2) is 40.1 Å². The fraction of sp³-hybridized carbons (Fsp3) is 0.391. The molecule has 2 aliphatic rings. The highest BCUT2D eigenvalue weighted by Crippen LogP contribution is 2.35. The smallest absolute Gasteiger partial charge is 0.318 e. The number of hydrogen-bond acceptors (Lipinski definition) is 8. The van der Waals surface area contributed by atoms with Gasteiger partial charge in [0.15, 0.2) is 10.8 Å². The van der Waals surface area contributed by atoms with Crippen molar-refractivity contribution in [2.45, 2.75) is 25.3 Å². The summed E-state index contributed by atoms with van der Waals surface area (Å²) in [5.41, 5.74) is 0.592. The zero-order chi connectivity index (χ0) is 25.2. The summed E-state index contributed by atoms with van der Waals surface area (Å²) in [6.45, 7) is 1.71. The Morgan fingerprint density at radius 2 is 1.86 bits per heavy atom. The maximum Gasteiger partial charge on any atom is 0.318 e. The molecule has 0 amide bonds. The van der Waals surface area contributed by atoms with E-state index >= 15 is 0 Å². The zero-order valence-electron chi connectivity index (χ0n) is 19.4. The number of nitrogens with zero attached hydrogens (tertiary/aromatic N) is 6. The van der Waals surface area contributed by atoms with Crippen LogP contribution in [0.2, 0.25) is 0 Å². The highest BCUT2D eigenvalue weighted by atomic mass is 32.2. The van der Waals surface area contributed by atoms with Gasteiger partial charge in [-0.05, 0) is 37.5 Å². The van der Waals surface area contributed by atoms with Gasteiger partial charge in [-0.1, -0.05) is 11.3 Å². The molecule has 0 saturated carbocycles. The number of hydrogen-bond donors (Lipinski definition) is 0. The van der Waals surface area contributed by atoms with Crippen molar-refractivity contribution in [3.05, 3.63) is 57.0 Å². The van der Waals surface area contributed by atoms with Crippen LogP contribution in [0, 0.1) is 5.82 Å². The quantitative estimate of drug-likeness (QED) is 0.374. The minimum atomic E-state index is -3.26. The summed E-state index contributed by atoms with van der Waals surface area (Å²) in [4.78, 5) is 36.4. The molecule has 6 rings (SSSR count). The Kier molecular flexibility index (Phi) is 5.37. The number of fused-ring (bicyclic) bond motifs is 2. The summed E-state index contributed by atoms with van der Waals surface area (Å²) in [7, 11) is -1.82. The first-order chi connectivity index (χ1) is 17.2. The minimum Gasteiger partial charge on any atom is -0.348 e. The van der Waals surface area contributed by atoms with Crippen molar-refractivity contribution in [3.8, 4) is 0 Å². The average molecular weight is 531 g/mol. The SMILES string of the molecule is Cn1c(=O)c(=O)n(C2CCN(c3nc4cc(N5CCCS5(=O)=O)ccc4s3)CC2)c2ncc(F)cc21. The van der Waals surface area contributed by atoms with E-state index in [2.05, 4.69) is 9.88 Å². The third kappa shape index (κ3) is 3.68. The minimum absolute atomic E-state index is 0.165. The van der Waals surface area contributed by atoms with Crippen LogP contribution in [0.1, 0.15) is 25.3 Å². The summed E-state index contributed by atoms with van der Waals surface area (Å²) in [6, 6.07) is 6.52. The molecule has 0 atom stereocenters. The van der Waals surface area contributed by atoms with Crippen LogP contribution in [0.3, 0.4) is 0 Å². The molecule has 2 aliphatic heterocycles. The van der Waals surface area contributed by atoms with E-state index in [0.29, 0.717) is 50.2 Å². The Balaban J connectivity index is 1.27. The molecular formula is C23H23FN6O4S2. The van der Waals surface area contributed by atoms with Crippen LogP contribution in [-0.2, 0) is 17.1 Å². The van der Waals surface area contributed by atoms with Crippen molar-refractivity contribution in [2.24, 2.45) is 7.05 Å². The highest BCUT2D eigenvalue weighted by Gasteiger charge is 2.29. The van der Waals surface area contributed by atoms with E-state index in [9.17, 15) is 22.4 Å². The number of benzene rings is 1. The molecule has 2 saturated heterocycles. The van der Waals surface area contributed by atoms with Crippen LogP contribution < -0.4 is 20.3 Å². The van der Waals surface area contributed by atoms with Gasteiger partial charge in [-0.2, -0.15) is 0 Å². The van der Waals surface area contributed by atoms with Gasteiger partial charge in [-0.15, -0.1) is 0 Å². The van der Waals surface area contributed by atoms with Crippen molar-refractivity contribution in [3.63, 3.8) is 0 Å². The summed E-state index contributed by atoms with van der Waals surface area (Å²) < 4.78 is 43.3. The monoisotopic (exact) mass is 530 g/mol. The third-order valence-electron chi connectivity index (χ3n) is 6.96. The molecule has 188 valence electrons. The molecule has 13 heteroatoms. The molecule has 0 unspecified atom stereocenters. The molecule has 3 aromatic heterocycles. The van der Waals surface area contributed by atoms with E-state index in [1.54, 1.807) is 0 Å². The summed E-state index contributed by atoms with van der Waals surface area (Å²) in [5, 5.41) is 0.825. The Bertz CT molecular complexity index is 1740. The molecule has 1 aromatic carbocycles. The maximum absolute atomic E-state index is 13.8. The van der Waals surface area contributed by atoms with Crippen LogP contribution in [-0.4, -0.2) is 52.9 Å². The lowest BCUT2D eigenvalue weighted by Crippen LogP contribution is -2.45. The number of aryl methyl sites for hydroxylation is 1. The Hall–Kier alpha value is -3.32. The summed E-state index contributed by atoms with van der Waals surface area (Å²) in [6.07, 6.45) is 2.86. The van der Waals surface area contributed by atoms with Gasteiger partial charge >= 0.3 is 11.1 Å². The molecule has 0 radical (unpaired) electrons. The van der Waals surface area contributed by atoms with Crippen LogP contribution in [0.5, 0.6) is 0 Å². The molecular weight excluding hydrogens is 507 g/mol. The maximum atomic E-state index is 13.8. The van der Waals surface area contributed by atoms with E-state index in [1.165, 1.54) is 33.3 Å². The number of pyridine rings is 1. The first-order valence-corrected chi connectivity index (χ1v) is 14.1. The Morgan fingerprint density at radius 3 is 2.58 bits per heavy atom. The second kappa shape index (κ2) is 8.37. The van der Waals surface area contributed by atoms with Gasteiger partial charge in [0.1, 0.15) is 5.82 Å². The first kappa shape index (κ1) is 23.1. The lowest BCUT2D eigenvalue weighted by atomic mass is 10.0. The number of rotatable bonds is 3. The standard InChI is InChI=1S/C23H23FN6O4S2/c1-27-18-11-14(24)13-25-20(18)30(22(32)21(27)31)15-5-8-28(9-6-15)23-26-17-12-16(3-4-19(17)35-23)29-7-2-10-36(29,33)34/h3-4,11-13,15H,2,5-10H2,1H3. The molecule has 0 aliphatic carbocycles. The summed E-state index contributed by atoms with van der Waals surface area (Å²) >= 11 is 1.53. The molecule has 36 heavy (non-hydrogen) atoms. The fourth-order valence-electron chi connectivity index (χ4n) is 5.08. The molecule has 0 bridgehead atoms. The van der Waals surface area contributed by atoms with Crippen molar-refractivity contribution < 1.29 is 12.8 Å². The van der Waals surface area contributed by atoms with Crippen molar-refractivity contribution in [1.29, 1.82) is 0 Å². The number of aromatic nitrogens is 4. The van der Waals surface area contributed by atoms with Gasteiger partial charge in [-0.3, -0.25) is 18.5 Å². The van der Waals surface area contributed by atoms with Gasteiger partial charge in [0.05, 0.1) is 33.4 Å². The van der Waals surface area contributed by atoms with Crippen LogP contribution in [0.25, 0.3) is 21.4 Å². The van der Waals surface area contributed by atoms with Gasteiger partial charge in [0.25, 0.3) is 0 Å². The molecule has 5 heterocycles. The number of anilines is 2. The molecule has 4 aromatic rings. The van der Waals surface area contributed by atoms with Crippen LogP contribution >= 0.6 is 11.3 Å². The first-order valence-electron chi connectivity index (χ1n) is 11.7.